The molecule has 0 aliphatic carbocycles. The molecule has 0 aliphatic heterocycles. The van der Waals surface area contributed by atoms with E-state index in [9.17, 15) is 26.0 Å². The standard InChI is InChI=1S/C7HClF4N2O3S/c8-18(15,16)4-1-3(2-13)5(9)6(14-4)17-7(10,11)12/h1H. The van der Waals surface area contributed by atoms with Crippen LogP contribution in [0.4, 0.5) is 17.6 Å². The van der Waals surface area contributed by atoms with Crippen LogP contribution in [0.5, 0.6) is 5.88 Å². The zero-order valence-corrected chi connectivity index (χ0v) is 9.57. The number of hydrogen-bond donors (Lipinski definition) is 0. The quantitative estimate of drug-likeness (QED) is 0.616. The summed E-state index contributed by atoms with van der Waals surface area (Å²) in [6.45, 7) is 0. The predicted octanol–water partition coefficient (Wildman–Crippen LogP) is 1.92. The number of pyridine rings is 1. The zero-order chi connectivity index (χ0) is 14.1. The monoisotopic (exact) mass is 304 g/mol. The molecule has 1 aromatic heterocycles. The molecule has 18 heavy (non-hydrogen) atoms. The van der Waals surface area contributed by atoms with Crippen LogP contribution in [0.2, 0.25) is 0 Å². The summed E-state index contributed by atoms with van der Waals surface area (Å²) in [7, 11) is 0.290. The minimum atomic E-state index is -5.30. The van der Waals surface area contributed by atoms with Crippen LogP contribution in [0.1, 0.15) is 5.56 Å². The summed E-state index contributed by atoms with van der Waals surface area (Å²) in [6.07, 6.45) is -5.30. The van der Waals surface area contributed by atoms with Crippen LogP contribution in [0.15, 0.2) is 11.1 Å². The molecule has 0 atom stereocenters. The van der Waals surface area contributed by atoms with Gasteiger partial charge in [-0.2, -0.15) is 14.6 Å². The molecule has 1 aromatic rings. The number of aromatic nitrogens is 1. The minimum Gasteiger partial charge on any atom is -0.385 e. The summed E-state index contributed by atoms with van der Waals surface area (Å²) in [5, 5.41) is 7.32. The Morgan fingerprint density at radius 3 is 2.39 bits per heavy atom. The van der Waals surface area contributed by atoms with Crippen molar-refractivity contribution in [2.24, 2.45) is 0 Å². The van der Waals surface area contributed by atoms with E-state index < -0.39 is 37.7 Å². The van der Waals surface area contributed by atoms with E-state index in [0.29, 0.717) is 6.07 Å². The molecule has 0 aliphatic rings. The van der Waals surface area contributed by atoms with Crippen LogP contribution in [-0.2, 0) is 9.05 Å². The van der Waals surface area contributed by atoms with Gasteiger partial charge in [-0.15, -0.1) is 13.2 Å². The van der Waals surface area contributed by atoms with Gasteiger partial charge in [-0.05, 0) is 6.07 Å². The van der Waals surface area contributed by atoms with Gasteiger partial charge >= 0.3 is 6.36 Å². The number of halogens is 5. The molecule has 0 amide bonds. The van der Waals surface area contributed by atoms with Gasteiger partial charge in [-0.25, -0.2) is 8.42 Å². The van der Waals surface area contributed by atoms with Crippen molar-refractivity contribution in [3.05, 3.63) is 17.4 Å². The van der Waals surface area contributed by atoms with Gasteiger partial charge in [0.25, 0.3) is 14.9 Å². The summed E-state index contributed by atoms with van der Waals surface area (Å²) in [5.74, 6) is -3.43. The molecule has 0 fully saturated rings. The molecule has 1 heterocycles. The van der Waals surface area contributed by atoms with Crippen LogP contribution in [0, 0.1) is 17.1 Å². The summed E-state index contributed by atoms with van der Waals surface area (Å²) in [4.78, 5) is 2.75. The molecule has 0 saturated carbocycles. The van der Waals surface area contributed by atoms with Crippen LogP contribution in [0.25, 0.3) is 0 Å². The maximum atomic E-state index is 13.2. The van der Waals surface area contributed by atoms with E-state index in [4.69, 9.17) is 15.9 Å². The zero-order valence-electron chi connectivity index (χ0n) is 7.99. The first kappa shape index (κ1) is 14.5. The summed E-state index contributed by atoms with van der Waals surface area (Å²) in [5.41, 5.74) is -0.997. The van der Waals surface area contributed by atoms with Gasteiger partial charge in [-0.1, -0.05) is 0 Å². The van der Waals surface area contributed by atoms with Crippen LogP contribution in [-0.4, -0.2) is 19.8 Å². The lowest BCUT2D eigenvalue weighted by molar-refractivity contribution is -0.277. The van der Waals surface area contributed by atoms with Gasteiger partial charge in [-0.3, -0.25) is 0 Å². The van der Waals surface area contributed by atoms with E-state index in [1.807, 2.05) is 0 Å². The summed E-state index contributed by atoms with van der Waals surface area (Å²) in [6, 6.07) is 1.54. The van der Waals surface area contributed by atoms with E-state index >= 15 is 0 Å². The highest BCUT2D eigenvalue weighted by Gasteiger charge is 2.34. The lowest BCUT2D eigenvalue weighted by atomic mass is 10.3. The molecule has 98 valence electrons. The van der Waals surface area contributed by atoms with Crippen LogP contribution < -0.4 is 4.74 Å². The lowest BCUT2D eigenvalue weighted by Gasteiger charge is -2.09. The molecule has 0 N–H and O–H groups in total. The highest BCUT2D eigenvalue weighted by molar-refractivity contribution is 8.13. The van der Waals surface area contributed by atoms with Gasteiger partial charge in [0.2, 0.25) is 5.82 Å². The fourth-order valence-corrected chi connectivity index (χ4v) is 1.55. The van der Waals surface area contributed by atoms with Crippen molar-refractivity contribution in [3.63, 3.8) is 0 Å². The van der Waals surface area contributed by atoms with Crippen LogP contribution in [0.3, 0.4) is 0 Å². The maximum absolute atomic E-state index is 13.2. The Morgan fingerprint density at radius 2 is 2.00 bits per heavy atom. The van der Waals surface area contributed by atoms with Gasteiger partial charge < -0.3 is 4.74 Å². The average molecular weight is 305 g/mol. The number of nitrogens with zero attached hydrogens (tertiary/aromatic N) is 2. The van der Waals surface area contributed by atoms with Crippen molar-refractivity contribution in [1.82, 2.24) is 4.98 Å². The first-order chi connectivity index (χ1) is 8.04. The largest absolute Gasteiger partial charge is 0.574 e. The molecule has 5 nitrogen and oxygen atoms in total. The molecular formula is C7HClF4N2O3S. The number of ether oxygens (including phenoxy) is 1. The first-order valence-electron chi connectivity index (χ1n) is 3.85. The van der Waals surface area contributed by atoms with E-state index in [2.05, 4.69) is 9.72 Å². The molecule has 11 heteroatoms. The van der Waals surface area contributed by atoms with E-state index in [0.717, 1.165) is 6.07 Å². The van der Waals surface area contributed by atoms with E-state index in [-0.39, 0.29) is 0 Å². The first-order valence-corrected chi connectivity index (χ1v) is 6.16. The Bertz CT molecular complexity index is 623. The molecule has 0 aromatic carbocycles. The van der Waals surface area contributed by atoms with Crippen molar-refractivity contribution in [2.45, 2.75) is 11.4 Å². The van der Waals surface area contributed by atoms with Crippen molar-refractivity contribution in [1.29, 1.82) is 5.26 Å². The summed E-state index contributed by atoms with van der Waals surface area (Å²) < 4.78 is 73.8. The molecule has 0 saturated heterocycles. The number of hydrogen-bond acceptors (Lipinski definition) is 5. The number of alkyl halides is 3. The van der Waals surface area contributed by atoms with Gasteiger partial charge in [0.1, 0.15) is 6.07 Å². The third-order valence-corrected chi connectivity index (χ3v) is 2.67. The fourth-order valence-electron chi connectivity index (χ4n) is 0.867. The minimum absolute atomic E-state index is 0.390. The fraction of sp³-hybridized carbons (Fsp3) is 0.143. The molecule has 0 radical (unpaired) electrons. The molecule has 1 rings (SSSR count). The lowest BCUT2D eigenvalue weighted by Crippen LogP contribution is -2.19. The number of nitriles is 1. The Kier molecular flexibility index (Phi) is 3.68. The Labute approximate surface area is 102 Å². The third-order valence-electron chi connectivity index (χ3n) is 1.49. The van der Waals surface area contributed by atoms with Gasteiger partial charge in [0.05, 0.1) is 5.56 Å². The molecule has 0 unspecified atom stereocenters. The van der Waals surface area contributed by atoms with Gasteiger partial charge in [0.15, 0.2) is 5.03 Å². The average Bonchev–Trinajstić information content (AvgIpc) is 2.17. The van der Waals surface area contributed by atoms with Crippen molar-refractivity contribution < 1.29 is 30.7 Å². The second-order valence-corrected chi connectivity index (χ2v) is 5.24. The van der Waals surface area contributed by atoms with Crippen molar-refractivity contribution in [3.8, 4) is 11.9 Å². The second-order valence-electron chi connectivity index (χ2n) is 2.72. The highest BCUT2D eigenvalue weighted by Crippen LogP contribution is 2.28. The van der Waals surface area contributed by atoms with Crippen LogP contribution >= 0.6 is 10.7 Å². The van der Waals surface area contributed by atoms with E-state index in [1.165, 1.54) is 0 Å². The Balaban J connectivity index is 3.48. The van der Waals surface area contributed by atoms with E-state index in [1.54, 1.807) is 0 Å². The molecular weight excluding hydrogens is 304 g/mol. The van der Waals surface area contributed by atoms with Crippen molar-refractivity contribution in [2.75, 3.05) is 0 Å². The Morgan fingerprint density at radius 1 is 1.44 bits per heavy atom. The SMILES string of the molecule is N#Cc1cc(S(=O)(=O)Cl)nc(OC(F)(F)F)c1F. The molecule has 0 spiro atoms. The highest BCUT2D eigenvalue weighted by atomic mass is 35.7. The molecule has 0 bridgehead atoms. The predicted molar refractivity (Wildman–Crippen MR) is 48.6 cm³/mol. The topological polar surface area (TPSA) is 80.0 Å². The number of rotatable bonds is 2. The smallest absolute Gasteiger partial charge is 0.385 e. The van der Waals surface area contributed by atoms with Gasteiger partial charge in [0, 0.05) is 10.7 Å². The summed E-state index contributed by atoms with van der Waals surface area (Å²) >= 11 is 0. The maximum Gasteiger partial charge on any atom is 0.574 e. The Hall–Kier alpha value is -1.60. The van der Waals surface area contributed by atoms with Crippen molar-refractivity contribution >= 4 is 19.7 Å². The third kappa shape index (κ3) is 3.44. The normalized spacial score (nSPS) is 12.0. The second kappa shape index (κ2) is 4.58.